The van der Waals surface area contributed by atoms with Crippen LogP contribution in [0, 0.1) is 5.82 Å². The summed E-state index contributed by atoms with van der Waals surface area (Å²) < 4.78 is 17.5. The molecule has 4 aromatic rings. The van der Waals surface area contributed by atoms with Gasteiger partial charge < -0.3 is 9.67 Å². The van der Waals surface area contributed by atoms with Gasteiger partial charge in [-0.05, 0) is 29.8 Å². The number of nitrogens with zero attached hydrogens (tertiary/aromatic N) is 4. The van der Waals surface area contributed by atoms with Gasteiger partial charge >= 0.3 is 5.97 Å². The third kappa shape index (κ3) is 2.97. The van der Waals surface area contributed by atoms with E-state index in [4.69, 9.17) is 0 Å². The number of fused-ring (bicyclic) bond motifs is 1. The molecule has 27 heavy (non-hydrogen) atoms. The van der Waals surface area contributed by atoms with Gasteiger partial charge in [0, 0.05) is 36.7 Å². The summed E-state index contributed by atoms with van der Waals surface area (Å²) >= 11 is 0. The van der Waals surface area contributed by atoms with Crippen molar-refractivity contribution in [2.24, 2.45) is 0 Å². The first-order valence-corrected chi connectivity index (χ1v) is 8.03. The van der Waals surface area contributed by atoms with Gasteiger partial charge in [0.15, 0.2) is 0 Å². The van der Waals surface area contributed by atoms with Crippen LogP contribution in [-0.4, -0.2) is 30.4 Å². The van der Waals surface area contributed by atoms with Crippen molar-refractivity contribution in [3.63, 3.8) is 0 Å². The Hall–Kier alpha value is -3.81. The second kappa shape index (κ2) is 6.49. The van der Waals surface area contributed by atoms with E-state index in [9.17, 15) is 19.1 Å². The summed E-state index contributed by atoms with van der Waals surface area (Å²) in [6.07, 6.45) is 7.78. The Morgan fingerprint density at radius 3 is 2.81 bits per heavy atom. The van der Waals surface area contributed by atoms with E-state index in [1.54, 1.807) is 35.5 Å². The Labute approximate surface area is 151 Å². The fraction of sp³-hybridized carbons (Fsp3) is 0.0526. The number of pyridine rings is 2. The highest BCUT2D eigenvalue weighted by molar-refractivity contribution is 5.92. The smallest absolute Gasteiger partial charge is 0.341 e. The fourth-order valence-electron chi connectivity index (χ4n) is 3.00. The van der Waals surface area contributed by atoms with E-state index in [2.05, 4.69) is 10.1 Å². The molecule has 0 unspecified atom stereocenters. The van der Waals surface area contributed by atoms with Crippen molar-refractivity contribution in [1.29, 1.82) is 0 Å². The molecule has 0 fully saturated rings. The summed E-state index contributed by atoms with van der Waals surface area (Å²) in [5, 5.41) is 13.5. The minimum Gasteiger partial charge on any atom is -0.477 e. The van der Waals surface area contributed by atoms with Gasteiger partial charge in [-0.1, -0.05) is 6.07 Å². The highest BCUT2D eigenvalue weighted by Crippen LogP contribution is 2.18. The first-order chi connectivity index (χ1) is 13.0. The normalized spacial score (nSPS) is 11.0. The van der Waals surface area contributed by atoms with Crippen molar-refractivity contribution in [1.82, 2.24) is 19.3 Å². The zero-order valence-electron chi connectivity index (χ0n) is 13.9. The Bertz CT molecular complexity index is 1220. The maximum absolute atomic E-state index is 14.4. The lowest BCUT2D eigenvalue weighted by Gasteiger charge is -2.13. The largest absolute Gasteiger partial charge is 0.477 e. The first kappa shape index (κ1) is 16.6. The second-order valence-corrected chi connectivity index (χ2v) is 5.94. The number of carboxylic acids is 1. The van der Waals surface area contributed by atoms with Crippen molar-refractivity contribution < 1.29 is 14.3 Å². The molecule has 0 aliphatic heterocycles. The highest BCUT2D eigenvalue weighted by Gasteiger charge is 2.17. The molecule has 8 heteroatoms. The summed E-state index contributed by atoms with van der Waals surface area (Å²) in [5.74, 6) is -1.96. The number of benzene rings is 1. The summed E-state index contributed by atoms with van der Waals surface area (Å²) in [6.45, 7) is 0.139. The molecule has 0 radical (unpaired) electrons. The zero-order valence-corrected chi connectivity index (χ0v) is 13.9. The number of para-hydroxylation sites is 1. The van der Waals surface area contributed by atoms with Gasteiger partial charge in [0.05, 0.1) is 17.4 Å². The molecule has 0 spiro atoms. The van der Waals surface area contributed by atoms with Crippen LogP contribution in [0.2, 0.25) is 0 Å². The molecular weight excluding hydrogens is 351 g/mol. The number of aromatic nitrogens is 4. The van der Waals surface area contributed by atoms with Crippen LogP contribution >= 0.6 is 0 Å². The van der Waals surface area contributed by atoms with Gasteiger partial charge in [0.25, 0.3) is 0 Å². The van der Waals surface area contributed by atoms with Crippen molar-refractivity contribution in [2.45, 2.75) is 6.54 Å². The van der Waals surface area contributed by atoms with Crippen molar-refractivity contribution in [3.05, 3.63) is 88.5 Å². The molecule has 0 saturated carbocycles. The van der Waals surface area contributed by atoms with E-state index >= 15 is 0 Å². The lowest BCUT2D eigenvalue weighted by atomic mass is 10.1. The maximum atomic E-state index is 14.4. The van der Waals surface area contributed by atoms with Crippen molar-refractivity contribution in [3.8, 4) is 5.69 Å². The van der Waals surface area contributed by atoms with Crippen LogP contribution in [0.4, 0.5) is 4.39 Å². The highest BCUT2D eigenvalue weighted by atomic mass is 19.1. The van der Waals surface area contributed by atoms with E-state index in [1.807, 2.05) is 6.07 Å². The van der Waals surface area contributed by atoms with Crippen LogP contribution in [0.25, 0.3) is 16.6 Å². The third-order valence-electron chi connectivity index (χ3n) is 4.18. The molecule has 3 heterocycles. The molecule has 0 bridgehead atoms. The lowest BCUT2D eigenvalue weighted by molar-refractivity contribution is 0.0695. The number of carboxylic acid groups (broad SMARTS) is 1. The zero-order chi connectivity index (χ0) is 19.0. The van der Waals surface area contributed by atoms with E-state index in [0.29, 0.717) is 11.3 Å². The van der Waals surface area contributed by atoms with Gasteiger partial charge in [0.2, 0.25) is 5.43 Å². The van der Waals surface area contributed by atoms with E-state index in [0.717, 1.165) is 6.20 Å². The summed E-state index contributed by atoms with van der Waals surface area (Å²) in [4.78, 5) is 28.0. The molecule has 0 aliphatic rings. The monoisotopic (exact) mass is 364 g/mol. The van der Waals surface area contributed by atoms with Crippen LogP contribution in [-0.2, 0) is 6.54 Å². The predicted molar refractivity (Wildman–Crippen MR) is 95.6 cm³/mol. The molecular formula is C19H13FN4O3. The molecule has 0 amide bonds. The summed E-state index contributed by atoms with van der Waals surface area (Å²) in [6, 6.07) is 7.62. The Morgan fingerprint density at radius 2 is 2.07 bits per heavy atom. The second-order valence-electron chi connectivity index (χ2n) is 5.94. The summed E-state index contributed by atoms with van der Waals surface area (Å²) in [5.41, 5.74) is 0.340. The van der Waals surface area contributed by atoms with Crippen LogP contribution in [0.15, 0.2) is 66.1 Å². The standard InChI is InChI=1S/C19H13FN4O3/c20-16-4-1-3-14-17(16)23(11-15(18(14)25)19(26)27)10-12-7-13(9-21-8-12)24-6-2-5-22-24/h1-9,11H,10H2,(H,26,27). The average Bonchev–Trinajstić information content (AvgIpc) is 3.19. The van der Waals surface area contributed by atoms with E-state index < -0.39 is 22.8 Å². The molecule has 0 saturated heterocycles. The molecule has 1 N–H and O–H groups in total. The lowest BCUT2D eigenvalue weighted by Crippen LogP contribution is -2.20. The van der Waals surface area contributed by atoms with Gasteiger partial charge in [-0.25, -0.2) is 13.9 Å². The predicted octanol–water partition coefficient (Wildman–Crippen LogP) is 2.47. The maximum Gasteiger partial charge on any atom is 0.341 e. The SMILES string of the molecule is O=C(O)c1cn(Cc2cncc(-n3cccn3)c2)c2c(F)cccc2c1=O. The molecule has 1 aromatic carbocycles. The fourth-order valence-corrected chi connectivity index (χ4v) is 3.00. The number of halogens is 1. The van der Waals surface area contributed by atoms with Gasteiger partial charge in [-0.2, -0.15) is 5.10 Å². The van der Waals surface area contributed by atoms with Crippen LogP contribution in [0.5, 0.6) is 0 Å². The van der Waals surface area contributed by atoms with E-state index in [-0.39, 0.29) is 17.4 Å². The van der Waals surface area contributed by atoms with Gasteiger partial charge in [-0.3, -0.25) is 9.78 Å². The van der Waals surface area contributed by atoms with E-state index in [1.165, 1.54) is 22.8 Å². The Kier molecular flexibility index (Phi) is 4.00. The van der Waals surface area contributed by atoms with Crippen LogP contribution < -0.4 is 5.43 Å². The molecule has 0 aliphatic carbocycles. The number of carbonyl (C=O) groups is 1. The van der Waals surface area contributed by atoms with Crippen LogP contribution in [0.3, 0.4) is 0 Å². The Balaban J connectivity index is 1.87. The number of rotatable bonds is 4. The number of aromatic carboxylic acids is 1. The third-order valence-corrected chi connectivity index (χ3v) is 4.18. The number of hydrogen-bond donors (Lipinski definition) is 1. The molecule has 0 atom stereocenters. The Morgan fingerprint density at radius 1 is 1.22 bits per heavy atom. The number of hydrogen-bond acceptors (Lipinski definition) is 4. The van der Waals surface area contributed by atoms with Crippen molar-refractivity contribution >= 4 is 16.9 Å². The molecule has 7 nitrogen and oxygen atoms in total. The minimum absolute atomic E-state index is 0.0195. The van der Waals surface area contributed by atoms with Gasteiger partial charge in [0.1, 0.15) is 11.4 Å². The topological polar surface area (TPSA) is 90.0 Å². The average molecular weight is 364 g/mol. The van der Waals surface area contributed by atoms with Crippen molar-refractivity contribution in [2.75, 3.05) is 0 Å². The minimum atomic E-state index is -1.36. The molecule has 4 rings (SSSR count). The summed E-state index contributed by atoms with van der Waals surface area (Å²) in [7, 11) is 0. The quantitative estimate of drug-likeness (QED) is 0.601. The van der Waals surface area contributed by atoms with Crippen LogP contribution in [0.1, 0.15) is 15.9 Å². The first-order valence-electron chi connectivity index (χ1n) is 8.03. The van der Waals surface area contributed by atoms with Gasteiger partial charge in [-0.15, -0.1) is 0 Å². The molecule has 3 aromatic heterocycles. The molecule has 134 valence electrons.